The van der Waals surface area contributed by atoms with Crippen molar-refractivity contribution in [2.24, 2.45) is 0 Å². The molecule has 0 aromatic carbocycles. The Hall–Kier alpha value is 1.25. The van der Waals surface area contributed by atoms with Gasteiger partial charge in [0.1, 0.15) is 0 Å². The standard InChI is InChI=1S/C13H30N.ClH.Na/c1-5-6-7-8-9-10-11-12-13-14(2,3)4;;/h5-13H2,1-4H3;1H;/q+1;;/p-1. The molecule has 0 rings (SSSR count). The molecule has 16 heavy (non-hydrogen) atoms. The van der Waals surface area contributed by atoms with Gasteiger partial charge in [-0.05, 0) is 12.8 Å². The maximum atomic E-state index is 2.28. The first-order chi connectivity index (χ1) is 6.56. The number of hydrogen-bond donors (Lipinski definition) is 0. The molecule has 0 spiro atoms. The van der Waals surface area contributed by atoms with Crippen molar-refractivity contribution in [2.45, 2.75) is 58.3 Å². The Kier molecular flexibility index (Phi) is 20.1. The molecule has 0 heterocycles. The molecule has 0 aromatic heterocycles. The Balaban J connectivity index is -0.000000845. The molecule has 0 unspecified atom stereocenters. The quantitative estimate of drug-likeness (QED) is 0.320. The van der Waals surface area contributed by atoms with Crippen LogP contribution in [0.5, 0.6) is 0 Å². The number of hydrogen-bond acceptors (Lipinski definition) is 0. The van der Waals surface area contributed by atoms with Gasteiger partial charge >= 0.3 is 0 Å². The summed E-state index contributed by atoms with van der Waals surface area (Å²) in [5, 5.41) is 0. The fourth-order valence-corrected chi connectivity index (χ4v) is 1.72. The molecule has 3 heteroatoms. The normalized spacial score (nSPS) is 10.5. The average Bonchev–Trinajstić information content (AvgIpc) is 2.08. The van der Waals surface area contributed by atoms with E-state index in [9.17, 15) is 0 Å². The number of quaternary nitrogens is 1. The Bertz CT molecular complexity index is 124. The monoisotopic (exact) mass is 258 g/mol. The van der Waals surface area contributed by atoms with Gasteiger partial charge in [0.05, 0.1) is 27.7 Å². The minimum atomic E-state index is 0. The molecule has 1 radical (unpaired) electrons. The number of halogens is 1. The third-order valence-corrected chi connectivity index (χ3v) is 2.68. The third kappa shape index (κ3) is 20.6. The molecule has 95 valence electrons. The van der Waals surface area contributed by atoms with Crippen LogP contribution in [0, 0.1) is 0 Å². The minimum Gasteiger partial charge on any atom is -1.00 e. The summed E-state index contributed by atoms with van der Waals surface area (Å²) in [5.74, 6) is 0. The van der Waals surface area contributed by atoms with E-state index in [1.807, 2.05) is 0 Å². The van der Waals surface area contributed by atoms with Crippen LogP contribution >= 0.6 is 0 Å². The Labute approximate surface area is 132 Å². The van der Waals surface area contributed by atoms with Crippen molar-refractivity contribution < 1.29 is 16.9 Å². The zero-order valence-corrected chi connectivity index (χ0v) is 14.9. The maximum absolute atomic E-state index is 2.28. The van der Waals surface area contributed by atoms with Crippen LogP contribution in [0.1, 0.15) is 58.3 Å². The zero-order valence-electron chi connectivity index (χ0n) is 12.2. The largest absolute Gasteiger partial charge is 1.00 e. The van der Waals surface area contributed by atoms with E-state index in [0.29, 0.717) is 0 Å². The van der Waals surface area contributed by atoms with E-state index in [-0.39, 0.29) is 42.0 Å². The van der Waals surface area contributed by atoms with Crippen LogP contribution in [0.15, 0.2) is 0 Å². The summed E-state index contributed by atoms with van der Waals surface area (Å²) in [6.45, 7) is 3.61. The molecule has 0 saturated carbocycles. The topological polar surface area (TPSA) is 0 Å². The van der Waals surface area contributed by atoms with Crippen LogP contribution in [0.3, 0.4) is 0 Å². The average molecular weight is 259 g/mol. The Morgan fingerprint density at radius 2 is 1.06 bits per heavy atom. The van der Waals surface area contributed by atoms with Crippen molar-refractivity contribution in [1.82, 2.24) is 0 Å². The summed E-state index contributed by atoms with van der Waals surface area (Å²) < 4.78 is 1.12. The van der Waals surface area contributed by atoms with Gasteiger partial charge in [-0.25, -0.2) is 0 Å². The molecule has 0 aliphatic heterocycles. The first-order valence-electron chi connectivity index (χ1n) is 6.36. The van der Waals surface area contributed by atoms with Gasteiger partial charge in [0.2, 0.25) is 0 Å². The molecule has 0 aliphatic carbocycles. The summed E-state index contributed by atoms with van der Waals surface area (Å²) in [5.41, 5.74) is 0. The third-order valence-electron chi connectivity index (χ3n) is 2.68. The second-order valence-electron chi connectivity index (χ2n) is 5.49. The van der Waals surface area contributed by atoms with Gasteiger partial charge < -0.3 is 16.9 Å². The van der Waals surface area contributed by atoms with Crippen molar-refractivity contribution >= 4 is 29.6 Å². The van der Waals surface area contributed by atoms with Gasteiger partial charge in [-0.2, -0.15) is 0 Å². The van der Waals surface area contributed by atoms with Gasteiger partial charge in [0, 0.05) is 29.6 Å². The van der Waals surface area contributed by atoms with Crippen molar-refractivity contribution in [3.8, 4) is 0 Å². The van der Waals surface area contributed by atoms with Gasteiger partial charge in [0.25, 0.3) is 0 Å². The molecule has 0 amide bonds. The summed E-state index contributed by atoms with van der Waals surface area (Å²) in [4.78, 5) is 0. The van der Waals surface area contributed by atoms with Crippen molar-refractivity contribution in [3.63, 3.8) is 0 Å². The molecule has 1 nitrogen and oxygen atoms in total. The summed E-state index contributed by atoms with van der Waals surface area (Å²) in [6, 6.07) is 0. The predicted molar refractivity (Wildman–Crippen MR) is 71.3 cm³/mol. The SMILES string of the molecule is CCCCCCCCCC[N+](C)(C)C.[Cl-].[Na]. The van der Waals surface area contributed by atoms with E-state index in [1.165, 1.54) is 57.9 Å². The second kappa shape index (κ2) is 14.3. The van der Waals surface area contributed by atoms with Crippen LogP contribution in [0.4, 0.5) is 0 Å². The van der Waals surface area contributed by atoms with E-state index in [2.05, 4.69) is 28.1 Å². The van der Waals surface area contributed by atoms with E-state index in [4.69, 9.17) is 0 Å². The van der Waals surface area contributed by atoms with Crippen molar-refractivity contribution in [3.05, 3.63) is 0 Å². The first-order valence-corrected chi connectivity index (χ1v) is 6.36. The smallest absolute Gasteiger partial charge is 0.0780 e. The van der Waals surface area contributed by atoms with Crippen LogP contribution in [-0.4, -0.2) is 61.7 Å². The minimum absolute atomic E-state index is 0. The molecule has 0 aliphatic rings. The molecule has 0 bridgehead atoms. The number of nitrogens with zero attached hydrogens (tertiary/aromatic N) is 1. The summed E-state index contributed by atoms with van der Waals surface area (Å²) in [7, 11) is 6.84. The summed E-state index contributed by atoms with van der Waals surface area (Å²) >= 11 is 0. The van der Waals surface area contributed by atoms with Gasteiger partial charge in [-0.3, -0.25) is 0 Å². The zero-order chi connectivity index (χ0) is 10.9. The Morgan fingerprint density at radius 3 is 1.44 bits per heavy atom. The van der Waals surface area contributed by atoms with Crippen molar-refractivity contribution in [2.75, 3.05) is 27.7 Å². The molecule has 0 saturated heterocycles. The fraction of sp³-hybridized carbons (Fsp3) is 1.00. The first kappa shape index (κ1) is 22.4. The molecule has 0 fully saturated rings. The summed E-state index contributed by atoms with van der Waals surface area (Å²) in [6.07, 6.45) is 11.4. The predicted octanol–water partition coefficient (Wildman–Crippen LogP) is 0.457. The molecular formula is C13H30ClNNa. The molecule has 0 aromatic rings. The van der Waals surface area contributed by atoms with Crippen LogP contribution < -0.4 is 12.4 Å². The van der Waals surface area contributed by atoms with E-state index >= 15 is 0 Å². The second-order valence-corrected chi connectivity index (χ2v) is 5.49. The van der Waals surface area contributed by atoms with Crippen LogP contribution in [-0.2, 0) is 0 Å². The fourth-order valence-electron chi connectivity index (χ4n) is 1.72. The van der Waals surface area contributed by atoms with Crippen LogP contribution in [0.2, 0.25) is 0 Å². The number of unbranched alkanes of at least 4 members (excludes halogenated alkanes) is 7. The van der Waals surface area contributed by atoms with E-state index in [0.717, 1.165) is 4.48 Å². The molecule has 0 atom stereocenters. The van der Waals surface area contributed by atoms with E-state index < -0.39 is 0 Å². The molecular weight excluding hydrogens is 229 g/mol. The van der Waals surface area contributed by atoms with Crippen molar-refractivity contribution in [1.29, 1.82) is 0 Å². The van der Waals surface area contributed by atoms with Gasteiger partial charge in [-0.15, -0.1) is 0 Å². The Morgan fingerprint density at radius 1 is 0.688 bits per heavy atom. The van der Waals surface area contributed by atoms with Crippen LogP contribution in [0.25, 0.3) is 0 Å². The molecule has 0 N–H and O–H groups in total. The maximum Gasteiger partial charge on any atom is 0.0780 e. The number of rotatable bonds is 9. The van der Waals surface area contributed by atoms with Gasteiger partial charge in [-0.1, -0.05) is 45.4 Å². The van der Waals surface area contributed by atoms with E-state index in [1.54, 1.807) is 0 Å². The van der Waals surface area contributed by atoms with Gasteiger partial charge in [0.15, 0.2) is 0 Å².